The van der Waals surface area contributed by atoms with E-state index in [-0.39, 0.29) is 11.8 Å². The number of hydrogen-bond donors (Lipinski definition) is 2. The number of nitrogens with one attached hydrogen (secondary N) is 1. The highest BCUT2D eigenvalue weighted by atomic mass is 16.4. The van der Waals surface area contributed by atoms with Gasteiger partial charge in [0.1, 0.15) is 11.5 Å². The van der Waals surface area contributed by atoms with Gasteiger partial charge in [-0.1, -0.05) is 25.1 Å². The molecule has 1 amide bonds. The number of amides is 1. The maximum atomic E-state index is 13.0. The molecule has 0 aliphatic carbocycles. The fourth-order valence-electron chi connectivity index (χ4n) is 4.67. The van der Waals surface area contributed by atoms with Crippen molar-refractivity contribution in [1.29, 1.82) is 0 Å². The monoisotopic (exact) mass is 460 g/mol. The molecule has 2 N–H and O–H groups in total. The Bertz CT molecular complexity index is 1240. The number of carbonyl (C=O) groups excluding carboxylic acids is 1. The quantitative estimate of drug-likeness (QED) is 0.552. The summed E-state index contributed by atoms with van der Waals surface area (Å²) in [6.45, 7) is 4.83. The Morgan fingerprint density at radius 2 is 2.00 bits per heavy atom. The molecule has 0 bridgehead atoms. The second-order valence-corrected chi connectivity index (χ2v) is 8.92. The molecular formula is C25H28N6O3. The lowest BCUT2D eigenvalue weighted by Crippen LogP contribution is -2.37. The van der Waals surface area contributed by atoms with Gasteiger partial charge in [0, 0.05) is 43.3 Å². The number of carboxylic acids is 1. The van der Waals surface area contributed by atoms with E-state index in [2.05, 4.69) is 21.4 Å². The Kier molecular flexibility index (Phi) is 6.00. The number of rotatable bonds is 7. The number of carbonyl (C=O) groups is 2. The summed E-state index contributed by atoms with van der Waals surface area (Å²) >= 11 is 0. The molecule has 4 heterocycles. The number of nitrogens with zero attached hydrogens (tertiary/aromatic N) is 5. The summed E-state index contributed by atoms with van der Waals surface area (Å²) < 4.78 is 0. The minimum absolute atomic E-state index is 0.0728. The molecular weight excluding hydrogens is 432 g/mol. The highest BCUT2D eigenvalue weighted by Crippen LogP contribution is 2.31. The Labute approximate surface area is 197 Å². The van der Waals surface area contributed by atoms with E-state index in [9.17, 15) is 14.7 Å². The molecule has 3 aromatic rings. The van der Waals surface area contributed by atoms with E-state index in [1.807, 2.05) is 47.2 Å². The van der Waals surface area contributed by atoms with Crippen LogP contribution in [0.5, 0.6) is 0 Å². The van der Waals surface area contributed by atoms with E-state index in [1.54, 1.807) is 0 Å². The van der Waals surface area contributed by atoms with Gasteiger partial charge in [-0.25, -0.2) is 4.98 Å². The van der Waals surface area contributed by atoms with E-state index in [0.29, 0.717) is 63.0 Å². The van der Waals surface area contributed by atoms with E-state index >= 15 is 0 Å². The number of fused-ring (bicyclic) bond motifs is 2. The van der Waals surface area contributed by atoms with E-state index in [4.69, 9.17) is 4.98 Å². The lowest BCUT2D eigenvalue weighted by Gasteiger charge is -2.30. The Morgan fingerprint density at radius 3 is 2.76 bits per heavy atom. The zero-order valence-corrected chi connectivity index (χ0v) is 19.2. The summed E-state index contributed by atoms with van der Waals surface area (Å²) in [7, 11) is 0. The highest BCUT2D eigenvalue weighted by molar-refractivity contribution is 5.98. The third-order valence-electron chi connectivity index (χ3n) is 6.56. The van der Waals surface area contributed by atoms with Crippen molar-refractivity contribution in [2.24, 2.45) is 5.92 Å². The highest BCUT2D eigenvalue weighted by Gasteiger charge is 2.34. The van der Waals surface area contributed by atoms with Crippen molar-refractivity contribution in [2.45, 2.75) is 39.3 Å². The van der Waals surface area contributed by atoms with Gasteiger partial charge < -0.3 is 20.2 Å². The summed E-state index contributed by atoms with van der Waals surface area (Å²) in [6.07, 6.45) is 3.80. The lowest BCUT2D eigenvalue weighted by atomic mass is 9.97. The van der Waals surface area contributed by atoms with Gasteiger partial charge in [0.05, 0.1) is 18.0 Å². The van der Waals surface area contributed by atoms with E-state index < -0.39 is 5.97 Å². The van der Waals surface area contributed by atoms with Crippen LogP contribution in [-0.4, -0.2) is 56.5 Å². The standard InChI is InChI=1S/C25H28N6O3/c1-2-9-31-15-19-21(23(31)32)28-25(30-10-7-17(8-11-30)24(33)34)29-22(19)27-14-16-12-18-5-3-4-6-20(18)26-13-16/h3-6,12-13,17H,2,7-11,14-15H2,1H3,(H,33,34)(H,27,28,29). The van der Waals surface area contributed by atoms with Crippen LogP contribution in [-0.2, 0) is 17.9 Å². The normalized spacial score (nSPS) is 16.2. The van der Waals surface area contributed by atoms with Gasteiger partial charge in [-0.3, -0.25) is 14.6 Å². The van der Waals surface area contributed by atoms with Crippen LogP contribution in [0.1, 0.15) is 47.8 Å². The molecule has 1 fully saturated rings. The van der Waals surface area contributed by atoms with E-state index in [1.165, 1.54) is 0 Å². The van der Waals surface area contributed by atoms with Crippen LogP contribution in [0.3, 0.4) is 0 Å². The van der Waals surface area contributed by atoms with E-state index in [0.717, 1.165) is 28.5 Å². The largest absolute Gasteiger partial charge is 0.481 e. The molecule has 0 unspecified atom stereocenters. The fraction of sp³-hybridized carbons (Fsp3) is 0.400. The van der Waals surface area contributed by atoms with Crippen molar-refractivity contribution in [3.05, 3.63) is 53.3 Å². The number of piperidine rings is 1. The zero-order chi connectivity index (χ0) is 23.7. The van der Waals surface area contributed by atoms with Gasteiger partial charge in [0.25, 0.3) is 5.91 Å². The first-order valence-electron chi connectivity index (χ1n) is 11.8. The molecule has 0 radical (unpaired) electrons. The predicted octanol–water partition coefficient (Wildman–Crippen LogP) is 3.30. The second kappa shape index (κ2) is 9.24. The summed E-state index contributed by atoms with van der Waals surface area (Å²) in [6, 6.07) is 10.1. The number of hydrogen-bond acceptors (Lipinski definition) is 7. The Balaban J connectivity index is 1.42. The zero-order valence-electron chi connectivity index (χ0n) is 19.2. The van der Waals surface area contributed by atoms with Crippen molar-refractivity contribution in [3.8, 4) is 0 Å². The predicted molar refractivity (Wildman–Crippen MR) is 129 cm³/mol. The average Bonchev–Trinajstić information content (AvgIpc) is 3.18. The molecule has 1 saturated heterocycles. The van der Waals surface area contributed by atoms with Gasteiger partial charge in [-0.05, 0) is 37.0 Å². The number of aromatic nitrogens is 3. The molecule has 9 heteroatoms. The van der Waals surface area contributed by atoms with Gasteiger partial charge in [-0.2, -0.15) is 4.98 Å². The van der Waals surface area contributed by atoms with Crippen molar-refractivity contribution >= 4 is 34.5 Å². The summed E-state index contributed by atoms with van der Waals surface area (Å²) in [5.74, 6) is -0.0400. The Hall–Kier alpha value is -3.75. The summed E-state index contributed by atoms with van der Waals surface area (Å²) in [5, 5.41) is 13.8. The molecule has 5 rings (SSSR count). The molecule has 2 aliphatic heterocycles. The van der Waals surface area contributed by atoms with Gasteiger partial charge in [-0.15, -0.1) is 0 Å². The smallest absolute Gasteiger partial charge is 0.306 e. The lowest BCUT2D eigenvalue weighted by molar-refractivity contribution is -0.142. The van der Waals surface area contributed by atoms with Crippen LogP contribution in [0.4, 0.5) is 11.8 Å². The third kappa shape index (κ3) is 4.25. The molecule has 176 valence electrons. The number of para-hydroxylation sites is 1. The Morgan fingerprint density at radius 1 is 1.21 bits per heavy atom. The van der Waals surface area contributed by atoms with Crippen LogP contribution in [0.15, 0.2) is 36.5 Å². The second-order valence-electron chi connectivity index (χ2n) is 8.92. The molecule has 1 aromatic carbocycles. The first-order chi connectivity index (χ1) is 16.5. The number of aliphatic carboxylic acids is 1. The summed E-state index contributed by atoms with van der Waals surface area (Å²) in [4.78, 5) is 42.1. The number of pyridine rings is 1. The van der Waals surface area contributed by atoms with Gasteiger partial charge in [0.15, 0.2) is 0 Å². The van der Waals surface area contributed by atoms with Crippen LogP contribution in [0.2, 0.25) is 0 Å². The third-order valence-corrected chi connectivity index (χ3v) is 6.56. The topological polar surface area (TPSA) is 112 Å². The van der Waals surface area contributed by atoms with Crippen LogP contribution >= 0.6 is 0 Å². The van der Waals surface area contributed by atoms with Crippen LogP contribution in [0.25, 0.3) is 10.9 Å². The number of anilines is 2. The fourth-order valence-corrected chi connectivity index (χ4v) is 4.67. The van der Waals surface area contributed by atoms with Gasteiger partial charge in [0.2, 0.25) is 5.95 Å². The molecule has 0 spiro atoms. The molecule has 0 atom stereocenters. The molecule has 2 aliphatic rings. The summed E-state index contributed by atoms with van der Waals surface area (Å²) in [5.41, 5.74) is 3.22. The SMILES string of the molecule is CCCN1Cc2c(NCc3cnc4ccccc4c3)nc(N3CCC(C(=O)O)CC3)nc2C1=O. The number of carboxylic acid groups (broad SMARTS) is 1. The molecule has 0 saturated carbocycles. The maximum absolute atomic E-state index is 13.0. The van der Waals surface area contributed by atoms with Crippen molar-refractivity contribution in [1.82, 2.24) is 19.9 Å². The maximum Gasteiger partial charge on any atom is 0.306 e. The van der Waals surface area contributed by atoms with Crippen molar-refractivity contribution in [3.63, 3.8) is 0 Å². The minimum atomic E-state index is -0.758. The van der Waals surface area contributed by atoms with Crippen LogP contribution < -0.4 is 10.2 Å². The molecule has 2 aromatic heterocycles. The first kappa shape index (κ1) is 22.1. The molecule has 34 heavy (non-hydrogen) atoms. The average molecular weight is 461 g/mol. The van der Waals surface area contributed by atoms with Crippen molar-refractivity contribution < 1.29 is 14.7 Å². The number of benzene rings is 1. The minimum Gasteiger partial charge on any atom is -0.481 e. The van der Waals surface area contributed by atoms with Crippen LogP contribution in [0, 0.1) is 5.92 Å². The van der Waals surface area contributed by atoms with Crippen molar-refractivity contribution in [2.75, 3.05) is 29.9 Å². The molecule has 9 nitrogen and oxygen atoms in total. The first-order valence-corrected chi connectivity index (χ1v) is 11.8. The van der Waals surface area contributed by atoms with Gasteiger partial charge >= 0.3 is 5.97 Å².